The van der Waals surface area contributed by atoms with Crippen molar-refractivity contribution in [3.63, 3.8) is 0 Å². The smallest absolute Gasteiger partial charge is 0.237 e. The molecule has 4 nitrogen and oxygen atoms in total. The van der Waals surface area contributed by atoms with Crippen LogP contribution in [0.1, 0.15) is 46.6 Å². The molecule has 3 aromatic carbocycles. The monoisotopic (exact) mass is 409 g/mol. The summed E-state index contributed by atoms with van der Waals surface area (Å²) in [6, 6.07) is 24.2. The zero-order valence-corrected chi connectivity index (χ0v) is 17.5. The van der Waals surface area contributed by atoms with Crippen LogP contribution in [0.15, 0.2) is 72.8 Å². The maximum absolute atomic E-state index is 13.9. The van der Waals surface area contributed by atoms with Gasteiger partial charge in [-0.1, -0.05) is 60.7 Å². The first kappa shape index (κ1) is 18.4. The van der Waals surface area contributed by atoms with Crippen LogP contribution >= 0.6 is 0 Å². The molecule has 0 aromatic heterocycles. The number of carbonyl (C=O) groups is 2. The minimum Gasteiger partial charge on any atom is -0.497 e. The molecule has 2 bridgehead atoms. The molecule has 0 spiro atoms. The molecule has 0 radical (unpaired) electrons. The van der Waals surface area contributed by atoms with Gasteiger partial charge in [-0.05, 0) is 46.9 Å². The minimum atomic E-state index is -0.767. The first-order valence-corrected chi connectivity index (χ1v) is 10.7. The van der Waals surface area contributed by atoms with Crippen LogP contribution in [0.4, 0.5) is 0 Å². The molecule has 0 N–H and O–H groups in total. The van der Waals surface area contributed by atoms with Crippen molar-refractivity contribution in [2.75, 3.05) is 7.11 Å². The Morgan fingerprint density at radius 2 is 1.39 bits per heavy atom. The van der Waals surface area contributed by atoms with E-state index in [9.17, 15) is 9.59 Å². The summed E-state index contributed by atoms with van der Waals surface area (Å²) in [5, 5.41) is 0. The number of rotatable bonds is 3. The van der Waals surface area contributed by atoms with Gasteiger partial charge in [-0.25, -0.2) is 0 Å². The number of likely N-dealkylation sites (tertiary alicyclic amines) is 1. The van der Waals surface area contributed by atoms with Crippen molar-refractivity contribution in [3.05, 3.63) is 101 Å². The van der Waals surface area contributed by atoms with E-state index in [2.05, 4.69) is 24.3 Å². The Kier molecular flexibility index (Phi) is 3.73. The lowest BCUT2D eigenvalue weighted by atomic mass is 9.48. The number of nitrogens with zero attached hydrogens (tertiary/aromatic N) is 1. The Morgan fingerprint density at radius 3 is 1.94 bits per heavy atom. The van der Waals surface area contributed by atoms with E-state index in [4.69, 9.17) is 4.74 Å². The number of carbonyl (C=O) groups excluding carboxylic acids is 2. The summed E-state index contributed by atoms with van der Waals surface area (Å²) in [6.07, 6.45) is 0. The van der Waals surface area contributed by atoms with Crippen LogP contribution in [0.25, 0.3) is 0 Å². The van der Waals surface area contributed by atoms with Crippen LogP contribution in [-0.2, 0) is 16.1 Å². The number of hydrogen-bond acceptors (Lipinski definition) is 3. The van der Waals surface area contributed by atoms with E-state index in [-0.39, 0.29) is 29.6 Å². The third-order valence-electron chi connectivity index (χ3n) is 7.60. The zero-order valence-electron chi connectivity index (χ0n) is 17.5. The summed E-state index contributed by atoms with van der Waals surface area (Å²) in [5.74, 6) is 0.0898. The Bertz CT molecular complexity index is 1180. The number of ether oxygens (including phenoxy) is 1. The number of methoxy groups -OCH3 is 1. The lowest BCUT2D eigenvalue weighted by molar-refractivity contribution is -0.142. The Balaban J connectivity index is 1.48. The fourth-order valence-electron chi connectivity index (χ4n) is 6.26. The first-order chi connectivity index (χ1) is 15.1. The summed E-state index contributed by atoms with van der Waals surface area (Å²) in [6.45, 7) is 2.30. The molecule has 1 heterocycles. The molecule has 2 unspecified atom stereocenters. The van der Waals surface area contributed by atoms with Gasteiger partial charge < -0.3 is 4.74 Å². The molecule has 7 rings (SSSR count). The lowest BCUT2D eigenvalue weighted by Crippen LogP contribution is -2.49. The molecule has 31 heavy (non-hydrogen) atoms. The summed E-state index contributed by atoms with van der Waals surface area (Å²) < 4.78 is 5.24. The van der Waals surface area contributed by atoms with Gasteiger partial charge in [0.15, 0.2) is 0 Å². The quantitative estimate of drug-likeness (QED) is 0.600. The molecular formula is C27H23NO3. The molecular weight excluding hydrogens is 386 g/mol. The fourth-order valence-corrected chi connectivity index (χ4v) is 6.26. The predicted octanol–water partition coefficient (Wildman–Crippen LogP) is 4.48. The van der Waals surface area contributed by atoms with Gasteiger partial charge in [0.05, 0.1) is 25.0 Å². The second kappa shape index (κ2) is 6.30. The molecule has 3 aliphatic carbocycles. The maximum atomic E-state index is 13.9. The number of benzene rings is 3. The highest BCUT2D eigenvalue weighted by molar-refractivity contribution is 6.09. The van der Waals surface area contributed by atoms with Gasteiger partial charge in [0.1, 0.15) is 5.75 Å². The van der Waals surface area contributed by atoms with Crippen LogP contribution in [-0.4, -0.2) is 23.8 Å². The summed E-state index contributed by atoms with van der Waals surface area (Å²) in [5.41, 5.74) is 4.93. The van der Waals surface area contributed by atoms with Crippen LogP contribution in [0.2, 0.25) is 0 Å². The Labute approximate surface area is 181 Å². The van der Waals surface area contributed by atoms with Crippen LogP contribution in [0.5, 0.6) is 5.75 Å². The van der Waals surface area contributed by atoms with E-state index in [0.29, 0.717) is 6.54 Å². The Hall–Kier alpha value is -3.40. The molecule has 3 aromatic rings. The summed E-state index contributed by atoms with van der Waals surface area (Å²) >= 11 is 0. The molecule has 1 fully saturated rings. The van der Waals surface area contributed by atoms with Crippen molar-refractivity contribution in [2.24, 2.45) is 11.3 Å². The molecule has 154 valence electrons. The minimum absolute atomic E-state index is 0.0534. The van der Waals surface area contributed by atoms with Crippen molar-refractivity contribution in [1.29, 1.82) is 0 Å². The molecule has 1 saturated heterocycles. The zero-order chi connectivity index (χ0) is 21.3. The van der Waals surface area contributed by atoms with E-state index in [1.54, 1.807) is 7.11 Å². The normalized spacial score (nSPS) is 27.7. The van der Waals surface area contributed by atoms with Gasteiger partial charge >= 0.3 is 0 Å². The van der Waals surface area contributed by atoms with Crippen LogP contribution in [0, 0.1) is 11.3 Å². The molecule has 4 aliphatic rings. The Morgan fingerprint density at radius 1 is 0.839 bits per heavy atom. The van der Waals surface area contributed by atoms with Crippen LogP contribution < -0.4 is 4.74 Å². The van der Waals surface area contributed by atoms with E-state index in [1.165, 1.54) is 27.2 Å². The second-order valence-corrected chi connectivity index (χ2v) is 9.01. The van der Waals surface area contributed by atoms with Crippen LogP contribution in [0.3, 0.4) is 0 Å². The van der Waals surface area contributed by atoms with Gasteiger partial charge in [0.2, 0.25) is 11.8 Å². The molecule has 0 saturated carbocycles. The average Bonchev–Trinajstić information content (AvgIpc) is 3.00. The van der Waals surface area contributed by atoms with Gasteiger partial charge in [0.25, 0.3) is 0 Å². The highest BCUT2D eigenvalue weighted by Crippen LogP contribution is 2.66. The van der Waals surface area contributed by atoms with Crippen molar-refractivity contribution in [3.8, 4) is 5.75 Å². The van der Waals surface area contributed by atoms with Gasteiger partial charge in [-0.3, -0.25) is 14.5 Å². The van der Waals surface area contributed by atoms with Crippen molar-refractivity contribution >= 4 is 11.8 Å². The fraction of sp³-hybridized carbons (Fsp3) is 0.259. The topological polar surface area (TPSA) is 46.6 Å². The number of hydrogen-bond donors (Lipinski definition) is 0. The lowest BCUT2D eigenvalue weighted by Gasteiger charge is -2.51. The van der Waals surface area contributed by atoms with E-state index in [1.807, 2.05) is 55.5 Å². The SMILES string of the molecule is COc1ccc(CN2C(=O)C3C4c5ccccc5C(c5ccccc54)C3(C)C2=O)cc1. The van der Waals surface area contributed by atoms with Crippen molar-refractivity contribution in [2.45, 2.75) is 25.3 Å². The number of amides is 2. The second-order valence-electron chi connectivity index (χ2n) is 9.01. The van der Waals surface area contributed by atoms with Gasteiger partial charge in [0, 0.05) is 11.8 Å². The van der Waals surface area contributed by atoms with E-state index < -0.39 is 5.41 Å². The molecule has 2 atom stereocenters. The largest absolute Gasteiger partial charge is 0.497 e. The molecule has 2 amide bonds. The summed E-state index contributed by atoms with van der Waals surface area (Å²) in [7, 11) is 1.62. The van der Waals surface area contributed by atoms with Crippen molar-refractivity contribution in [1.82, 2.24) is 4.90 Å². The molecule has 1 aliphatic heterocycles. The third kappa shape index (κ3) is 2.25. The van der Waals surface area contributed by atoms with Gasteiger partial charge in [-0.15, -0.1) is 0 Å². The third-order valence-corrected chi connectivity index (χ3v) is 7.60. The maximum Gasteiger partial charge on any atom is 0.237 e. The van der Waals surface area contributed by atoms with E-state index >= 15 is 0 Å². The molecule has 4 heteroatoms. The average molecular weight is 409 g/mol. The summed E-state index contributed by atoms with van der Waals surface area (Å²) in [4.78, 5) is 29.2. The van der Waals surface area contributed by atoms with Gasteiger partial charge in [-0.2, -0.15) is 0 Å². The predicted molar refractivity (Wildman–Crippen MR) is 117 cm³/mol. The highest BCUT2D eigenvalue weighted by Gasteiger charge is 2.68. The van der Waals surface area contributed by atoms with E-state index in [0.717, 1.165) is 11.3 Å². The number of imide groups is 1. The first-order valence-electron chi connectivity index (χ1n) is 10.7. The standard InChI is InChI=1S/C27H23NO3/c1-27-23-20-9-5-3-7-18(20)22(19-8-4-6-10-21(19)23)24(27)25(29)28(26(27)30)15-16-11-13-17(31-2)14-12-16/h3-14,22-24H,15H2,1-2H3. The van der Waals surface area contributed by atoms with Crippen molar-refractivity contribution < 1.29 is 14.3 Å². The highest BCUT2D eigenvalue weighted by atomic mass is 16.5.